The molecular formula is C13H21NO2. The highest BCUT2D eigenvalue weighted by Crippen LogP contribution is 2.27. The summed E-state index contributed by atoms with van der Waals surface area (Å²) in [5, 5.41) is 21.3. The Morgan fingerprint density at radius 3 is 2.56 bits per heavy atom. The van der Waals surface area contributed by atoms with E-state index in [2.05, 4.69) is 25.2 Å². The molecule has 0 amide bonds. The van der Waals surface area contributed by atoms with Crippen LogP contribution < -0.4 is 5.32 Å². The van der Waals surface area contributed by atoms with Gasteiger partial charge in [0.05, 0.1) is 12.7 Å². The molecule has 1 atom stereocenters. The van der Waals surface area contributed by atoms with Crippen LogP contribution in [-0.4, -0.2) is 29.5 Å². The van der Waals surface area contributed by atoms with E-state index in [0.29, 0.717) is 12.5 Å². The lowest BCUT2D eigenvalue weighted by atomic mass is 9.98. The normalized spacial score (nSPS) is 12.9. The highest BCUT2D eigenvalue weighted by molar-refractivity contribution is 5.58. The van der Waals surface area contributed by atoms with Crippen molar-refractivity contribution < 1.29 is 10.2 Å². The molecule has 0 bridgehead atoms. The van der Waals surface area contributed by atoms with E-state index < -0.39 is 6.10 Å². The van der Waals surface area contributed by atoms with Gasteiger partial charge in [-0.2, -0.15) is 0 Å². The van der Waals surface area contributed by atoms with Crippen molar-refractivity contribution in [1.82, 2.24) is 0 Å². The van der Waals surface area contributed by atoms with Crippen LogP contribution in [0, 0.1) is 6.92 Å². The molecule has 0 spiro atoms. The Kier molecular flexibility index (Phi) is 4.77. The summed E-state index contributed by atoms with van der Waals surface area (Å²) in [6, 6.07) is 6.17. The summed E-state index contributed by atoms with van der Waals surface area (Å²) in [6.45, 7) is 6.49. The second-order valence-corrected chi connectivity index (χ2v) is 4.41. The zero-order valence-corrected chi connectivity index (χ0v) is 10.2. The van der Waals surface area contributed by atoms with Gasteiger partial charge in [0.2, 0.25) is 0 Å². The molecule has 0 saturated carbocycles. The minimum Gasteiger partial charge on any atom is -0.394 e. The van der Waals surface area contributed by atoms with Crippen LogP contribution in [0.4, 0.5) is 5.69 Å². The summed E-state index contributed by atoms with van der Waals surface area (Å²) >= 11 is 0. The van der Waals surface area contributed by atoms with Gasteiger partial charge in [0.25, 0.3) is 0 Å². The number of aliphatic hydroxyl groups excluding tert-OH is 2. The van der Waals surface area contributed by atoms with Crippen LogP contribution in [0.15, 0.2) is 18.2 Å². The molecule has 0 aromatic heterocycles. The minimum atomic E-state index is -0.709. The van der Waals surface area contributed by atoms with Gasteiger partial charge < -0.3 is 15.5 Å². The maximum absolute atomic E-state index is 9.33. The lowest BCUT2D eigenvalue weighted by Gasteiger charge is -2.18. The minimum absolute atomic E-state index is 0.212. The molecule has 0 aliphatic carbocycles. The number of aryl methyl sites for hydroxylation is 1. The van der Waals surface area contributed by atoms with Gasteiger partial charge in [-0.1, -0.05) is 32.0 Å². The summed E-state index contributed by atoms with van der Waals surface area (Å²) in [7, 11) is 0. The number of nitrogens with one attached hydrogen (secondary N) is 1. The van der Waals surface area contributed by atoms with Gasteiger partial charge in [-0.05, 0) is 24.0 Å². The summed E-state index contributed by atoms with van der Waals surface area (Å²) in [4.78, 5) is 0. The number of anilines is 1. The van der Waals surface area contributed by atoms with Crippen molar-refractivity contribution in [3.63, 3.8) is 0 Å². The summed E-state index contributed by atoms with van der Waals surface area (Å²) in [5.41, 5.74) is 3.48. The quantitative estimate of drug-likeness (QED) is 0.714. The molecule has 1 unspecified atom stereocenters. The fourth-order valence-electron chi connectivity index (χ4n) is 1.70. The first kappa shape index (κ1) is 13.0. The van der Waals surface area contributed by atoms with Crippen molar-refractivity contribution in [2.45, 2.75) is 32.8 Å². The molecule has 3 heteroatoms. The average Bonchev–Trinajstić information content (AvgIpc) is 2.26. The zero-order valence-electron chi connectivity index (χ0n) is 10.2. The predicted octanol–water partition coefficient (Wildman–Crippen LogP) is 1.88. The first-order valence-corrected chi connectivity index (χ1v) is 5.68. The Balaban J connectivity index is 2.84. The maximum Gasteiger partial charge on any atom is 0.0942 e. The molecule has 3 nitrogen and oxygen atoms in total. The zero-order chi connectivity index (χ0) is 12.1. The topological polar surface area (TPSA) is 52.5 Å². The van der Waals surface area contributed by atoms with Gasteiger partial charge >= 0.3 is 0 Å². The highest BCUT2D eigenvalue weighted by Gasteiger charge is 2.10. The van der Waals surface area contributed by atoms with E-state index in [1.54, 1.807) is 0 Å². The molecule has 1 aromatic carbocycles. The van der Waals surface area contributed by atoms with Crippen molar-refractivity contribution in [2.75, 3.05) is 18.5 Å². The Morgan fingerprint density at radius 2 is 2.00 bits per heavy atom. The van der Waals surface area contributed by atoms with Gasteiger partial charge in [-0.15, -0.1) is 0 Å². The van der Waals surface area contributed by atoms with Crippen molar-refractivity contribution in [1.29, 1.82) is 0 Å². The predicted molar refractivity (Wildman–Crippen MR) is 66.9 cm³/mol. The van der Waals surface area contributed by atoms with Crippen LogP contribution in [0.5, 0.6) is 0 Å². The average molecular weight is 223 g/mol. The van der Waals surface area contributed by atoms with Gasteiger partial charge in [0.1, 0.15) is 0 Å². The fourth-order valence-corrected chi connectivity index (χ4v) is 1.70. The van der Waals surface area contributed by atoms with Gasteiger partial charge in [-0.25, -0.2) is 0 Å². The van der Waals surface area contributed by atoms with E-state index in [4.69, 9.17) is 5.11 Å². The number of hydrogen-bond acceptors (Lipinski definition) is 3. The van der Waals surface area contributed by atoms with Crippen molar-refractivity contribution in [2.24, 2.45) is 0 Å². The summed E-state index contributed by atoms with van der Waals surface area (Å²) < 4.78 is 0. The van der Waals surface area contributed by atoms with Crippen molar-refractivity contribution in [3.8, 4) is 0 Å². The maximum atomic E-state index is 9.33. The Bertz CT molecular complexity index is 337. The molecule has 0 aliphatic heterocycles. The number of para-hydroxylation sites is 1. The number of benzene rings is 1. The molecule has 0 radical (unpaired) electrons. The smallest absolute Gasteiger partial charge is 0.0942 e. The molecular weight excluding hydrogens is 202 g/mol. The second kappa shape index (κ2) is 5.87. The van der Waals surface area contributed by atoms with E-state index in [-0.39, 0.29) is 6.61 Å². The van der Waals surface area contributed by atoms with E-state index in [1.807, 2.05) is 19.1 Å². The summed E-state index contributed by atoms with van der Waals surface area (Å²) in [6.07, 6.45) is -0.709. The number of aliphatic hydroxyl groups is 2. The highest BCUT2D eigenvalue weighted by atomic mass is 16.3. The summed E-state index contributed by atoms with van der Waals surface area (Å²) in [5.74, 6) is 0.439. The van der Waals surface area contributed by atoms with Crippen LogP contribution in [0.3, 0.4) is 0 Å². The second-order valence-electron chi connectivity index (χ2n) is 4.41. The number of rotatable bonds is 5. The van der Waals surface area contributed by atoms with E-state index in [1.165, 1.54) is 5.56 Å². The van der Waals surface area contributed by atoms with E-state index in [9.17, 15) is 5.11 Å². The standard InChI is InChI=1S/C13H21NO2/c1-9(2)12-6-4-5-10(3)13(12)14-7-11(16)8-15/h4-6,9,11,14-16H,7-8H2,1-3H3. The van der Waals surface area contributed by atoms with Crippen LogP contribution in [0.1, 0.15) is 30.9 Å². The molecule has 1 aromatic rings. The van der Waals surface area contributed by atoms with Crippen LogP contribution in [0.25, 0.3) is 0 Å². The van der Waals surface area contributed by atoms with Crippen molar-refractivity contribution >= 4 is 5.69 Å². The number of hydrogen-bond donors (Lipinski definition) is 3. The van der Waals surface area contributed by atoms with E-state index >= 15 is 0 Å². The van der Waals surface area contributed by atoms with Crippen LogP contribution in [-0.2, 0) is 0 Å². The third-order valence-electron chi connectivity index (χ3n) is 2.65. The molecule has 3 N–H and O–H groups in total. The van der Waals surface area contributed by atoms with E-state index in [0.717, 1.165) is 11.3 Å². The molecule has 16 heavy (non-hydrogen) atoms. The van der Waals surface area contributed by atoms with Crippen molar-refractivity contribution in [3.05, 3.63) is 29.3 Å². The Labute approximate surface area is 97.1 Å². The van der Waals surface area contributed by atoms with Crippen LogP contribution in [0.2, 0.25) is 0 Å². The third-order valence-corrected chi connectivity index (χ3v) is 2.65. The molecule has 0 saturated heterocycles. The first-order valence-electron chi connectivity index (χ1n) is 5.68. The lowest BCUT2D eigenvalue weighted by Crippen LogP contribution is -2.23. The molecule has 0 aliphatic rings. The SMILES string of the molecule is Cc1cccc(C(C)C)c1NCC(O)CO. The molecule has 0 heterocycles. The molecule has 0 fully saturated rings. The molecule has 1 rings (SSSR count). The third kappa shape index (κ3) is 3.22. The Morgan fingerprint density at radius 1 is 1.31 bits per heavy atom. The van der Waals surface area contributed by atoms with Gasteiger partial charge in [-0.3, -0.25) is 0 Å². The lowest BCUT2D eigenvalue weighted by molar-refractivity contribution is 0.105. The Hall–Kier alpha value is -1.06. The largest absolute Gasteiger partial charge is 0.394 e. The van der Waals surface area contributed by atoms with Gasteiger partial charge in [0.15, 0.2) is 0 Å². The van der Waals surface area contributed by atoms with Gasteiger partial charge in [0, 0.05) is 12.2 Å². The fraction of sp³-hybridized carbons (Fsp3) is 0.538. The van der Waals surface area contributed by atoms with Crippen LogP contribution >= 0.6 is 0 Å². The molecule has 90 valence electrons. The monoisotopic (exact) mass is 223 g/mol. The first-order chi connectivity index (χ1) is 7.56.